The zero-order valence-corrected chi connectivity index (χ0v) is 8.53. The fraction of sp³-hybridized carbons (Fsp3) is 0.200. The lowest BCUT2D eigenvalue weighted by atomic mass is 10.1. The van der Waals surface area contributed by atoms with Crippen LogP contribution >= 0.6 is 0 Å². The van der Waals surface area contributed by atoms with Crippen LogP contribution in [0.15, 0.2) is 28.8 Å². The number of rotatable bonds is 2. The summed E-state index contributed by atoms with van der Waals surface area (Å²) >= 11 is 0. The maximum atomic E-state index is 12.3. The summed E-state index contributed by atoms with van der Waals surface area (Å²) in [4.78, 5) is 3.91. The molecule has 0 unspecified atom stereocenters. The number of hydrogen-bond acceptors (Lipinski definition) is 4. The van der Waals surface area contributed by atoms with E-state index in [1.165, 1.54) is 12.1 Å². The Kier molecular flexibility index (Phi) is 2.84. The molecule has 0 spiro atoms. The first-order valence-corrected chi connectivity index (χ1v) is 4.71. The highest BCUT2D eigenvalue weighted by Crippen LogP contribution is 2.30. The fourth-order valence-corrected chi connectivity index (χ4v) is 1.26. The third kappa shape index (κ3) is 2.44. The molecule has 0 aliphatic carbocycles. The maximum Gasteiger partial charge on any atom is 0.416 e. The average Bonchev–Trinajstić information content (AvgIpc) is 2.76. The van der Waals surface area contributed by atoms with Crippen LogP contribution in [0.4, 0.5) is 13.2 Å². The molecular weight excluding hydrogens is 235 g/mol. The summed E-state index contributed by atoms with van der Waals surface area (Å²) in [7, 11) is 0. The Morgan fingerprint density at radius 2 is 1.82 bits per heavy atom. The molecule has 1 aromatic carbocycles. The number of halogens is 3. The molecular formula is C10H8F3N3O. The van der Waals surface area contributed by atoms with E-state index in [9.17, 15) is 13.2 Å². The van der Waals surface area contributed by atoms with E-state index in [4.69, 9.17) is 10.3 Å². The van der Waals surface area contributed by atoms with Gasteiger partial charge in [-0.05, 0) is 24.3 Å². The molecule has 0 saturated carbocycles. The molecule has 2 aromatic rings. The van der Waals surface area contributed by atoms with Crippen molar-refractivity contribution in [2.24, 2.45) is 5.73 Å². The van der Waals surface area contributed by atoms with E-state index in [1.54, 1.807) is 0 Å². The van der Waals surface area contributed by atoms with Gasteiger partial charge < -0.3 is 10.3 Å². The third-order valence-corrected chi connectivity index (χ3v) is 2.11. The highest BCUT2D eigenvalue weighted by Gasteiger charge is 2.30. The summed E-state index contributed by atoms with van der Waals surface area (Å²) in [6, 6.07) is 4.47. The van der Waals surface area contributed by atoms with Gasteiger partial charge in [0.1, 0.15) is 0 Å². The number of alkyl halides is 3. The molecule has 0 radical (unpaired) electrons. The van der Waals surface area contributed by atoms with Gasteiger partial charge >= 0.3 is 6.18 Å². The topological polar surface area (TPSA) is 64.9 Å². The highest BCUT2D eigenvalue weighted by atomic mass is 19.4. The second-order valence-electron chi connectivity index (χ2n) is 3.29. The van der Waals surface area contributed by atoms with Crippen molar-refractivity contribution in [3.05, 3.63) is 35.7 Å². The highest BCUT2D eigenvalue weighted by molar-refractivity contribution is 5.53. The summed E-state index contributed by atoms with van der Waals surface area (Å²) in [5.74, 6) is 0.457. The minimum Gasteiger partial charge on any atom is -0.334 e. The molecule has 0 fully saturated rings. The normalized spacial score (nSPS) is 11.8. The first kappa shape index (κ1) is 11.6. The quantitative estimate of drug-likeness (QED) is 0.878. The van der Waals surface area contributed by atoms with Crippen LogP contribution in [-0.2, 0) is 12.7 Å². The second kappa shape index (κ2) is 4.17. The lowest BCUT2D eigenvalue weighted by Crippen LogP contribution is -2.04. The zero-order valence-electron chi connectivity index (χ0n) is 8.53. The van der Waals surface area contributed by atoms with Gasteiger partial charge in [-0.15, -0.1) is 0 Å². The molecule has 0 aliphatic heterocycles. The molecule has 1 heterocycles. The molecule has 4 nitrogen and oxygen atoms in total. The minimum absolute atomic E-state index is 0.115. The van der Waals surface area contributed by atoms with Crippen molar-refractivity contribution >= 4 is 0 Å². The molecule has 2 rings (SSSR count). The van der Waals surface area contributed by atoms with E-state index in [2.05, 4.69) is 10.1 Å². The number of hydrogen-bond donors (Lipinski definition) is 1. The van der Waals surface area contributed by atoms with Gasteiger partial charge in [0.05, 0.1) is 12.1 Å². The Labute approximate surface area is 94.2 Å². The minimum atomic E-state index is -4.35. The van der Waals surface area contributed by atoms with Crippen LogP contribution in [0.1, 0.15) is 11.4 Å². The van der Waals surface area contributed by atoms with E-state index >= 15 is 0 Å². The van der Waals surface area contributed by atoms with Gasteiger partial charge in [-0.25, -0.2) is 0 Å². The monoisotopic (exact) mass is 243 g/mol. The smallest absolute Gasteiger partial charge is 0.334 e. The third-order valence-electron chi connectivity index (χ3n) is 2.11. The van der Waals surface area contributed by atoms with Crippen molar-refractivity contribution in [3.63, 3.8) is 0 Å². The summed E-state index contributed by atoms with van der Waals surface area (Å²) in [5.41, 5.74) is 4.99. The Balaban J connectivity index is 2.29. The van der Waals surface area contributed by atoms with Crippen molar-refractivity contribution in [2.45, 2.75) is 12.7 Å². The molecule has 0 amide bonds. The van der Waals surface area contributed by atoms with Gasteiger partial charge in [0.15, 0.2) is 5.82 Å². The van der Waals surface area contributed by atoms with Crippen LogP contribution < -0.4 is 5.73 Å². The summed E-state index contributed by atoms with van der Waals surface area (Å²) in [5, 5.41) is 3.55. The first-order chi connectivity index (χ1) is 8.00. The van der Waals surface area contributed by atoms with Crippen LogP contribution in [0, 0.1) is 0 Å². The fourth-order valence-electron chi connectivity index (χ4n) is 1.26. The average molecular weight is 243 g/mol. The largest absolute Gasteiger partial charge is 0.416 e. The number of nitrogens with zero attached hydrogens (tertiary/aromatic N) is 2. The molecule has 1 aromatic heterocycles. The molecule has 0 saturated heterocycles. The number of nitrogens with two attached hydrogens (primary N) is 1. The summed E-state index contributed by atoms with van der Waals surface area (Å²) < 4.78 is 41.8. The van der Waals surface area contributed by atoms with Crippen LogP contribution in [0.3, 0.4) is 0 Å². The van der Waals surface area contributed by atoms with Gasteiger partial charge in [0, 0.05) is 5.56 Å². The van der Waals surface area contributed by atoms with Crippen molar-refractivity contribution < 1.29 is 17.7 Å². The van der Waals surface area contributed by atoms with E-state index < -0.39 is 11.7 Å². The lowest BCUT2D eigenvalue weighted by molar-refractivity contribution is -0.137. The Hall–Kier alpha value is -1.89. The molecule has 17 heavy (non-hydrogen) atoms. The van der Waals surface area contributed by atoms with Crippen LogP contribution in [0.5, 0.6) is 0 Å². The van der Waals surface area contributed by atoms with Crippen LogP contribution in [0.25, 0.3) is 11.5 Å². The van der Waals surface area contributed by atoms with Crippen molar-refractivity contribution in [1.82, 2.24) is 10.1 Å². The Morgan fingerprint density at radius 1 is 1.18 bits per heavy atom. The van der Waals surface area contributed by atoms with E-state index in [1.807, 2.05) is 0 Å². The van der Waals surface area contributed by atoms with Crippen molar-refractivity contribution in [1.29, 1.82) is 0 Å². The molecule has 0 aliphatic rings. The van der Waals surface area contributed by atoms with Gasteiger partial charge in [0.25, 0.3) is 5.89 Å². The Morgan fingerprint density at radius 3 is 2.29 bits per heavy atom. The van der Waals surface area contributed by atoms with Gasteiger partial charge in [0.2, 0.25) is 0 Å². The van der Waals surface area contributed by atoms with E-state index in [0.29, 0.717) is 11.4 Å². The van der Waals surface area contributed by atoms with E-state index in [0.717, 1.165) is 12.1 Å². The summed E-state index contributed by atoms with van der Waals surface area (Å²) in [6.07, 6.45) is -4.35. The second-order valence-corrected chi connectivity index (χ2v) is 3.29. The molecule has 90 valence electrons. The molecule has 0 bridgehead atoms. The van der Waals surface area contributed by atoms with Gasteiger partial charge in [-0.1, -0.05) is 5.16 Å². The number of aromatic nitrogens is 2. The van der Waals surface area contributed by atoms with Crippen LogP contribution in [-0.4, -0.2) is 10.1 Å². The summed E-state index contributed by atoms with van der Waals surface area (Å²) in [6.45, 7) is 0.115. The predicted molar refractivity (Wildman–Crippen MR) is 52.6 cm³/mol. The molecule has 2 N–H and O–H groups in total. The predicted octanol–water partition coefficient (Wildman–Crippen LogP) is 2.21. The van der Waals surface area contributed by atoms with Crippen molar-refractivity contribution in [3.8, 4) is 11.5 Å². The van der Waals surface area contributed by atoms with Crippen molar-refractivity contribution in [2.75, 3.05) is 0 Å². The number of benzene rings is 1. The van der Waals surface area contributed by atoms with Gasteiger partial charge in [-0.3, -0.25) is 0 Å². The zero-order chi connectivity index (χ0) is 12.5. The molecule has 0 atom stereocenters. The lowest BCUT2D eigenvalue weighted by Gasteiger charge is -2.05. The standard InChI is InChI=1S/C10H8F3N3O/c11-10(12,13)7-3-1-6(2-4-7)9-15-8(5-14)16-17-9/h1-4H,5,14H2. The van der Waals surface area contributed by atoms with E-state index in [-0.39, 0.29) is 12.4 Å². The van der Waals surface area contributed by atoms with Gasteiger partial charge in [-0.2, -0.15) is 18.2 Å². The van der Waals surface area contributed by atoms with Crippen LogP contribution in [0.2, 0.25) is 0 Å². The maximum absolute atomic E-state index is 12.3. The Bertz CT molecular complexity index is 504. The first-order valence-electron chi connectivity index (χ1n) is 4.71. The molecule has 7 heteroatoms. The SMILES string of the molecule is NCc1noc(-c2ccc(C(F)(F)F)cc2)n1.